The fourth-order valence-electron chi connectivity index (χ4n) is 1.71. The predicted octanol–water partition coefficient (Wildman–Crippen LogP) is 3.21. The zero-order valence-corrected chi connectivity index (χ0v) is 12.1. The van der Waals surface area contributed by atoms with Gasteiger partial charge in [-0.3, -0.25) is 0 Å². The van der Waals surface area contributed by atoms with Crippen LogP contribution in [0.25, 0.3) is 0 Å². The minimum atomic E-state index is -0.289. The highest BCUT2D eigenvalue weighted by Crippen LogP contribution is 2.21. The molecule has 0 aromatic heterocycles. The first-order valence-corrected chi connectivity index (χ1v) is 6.84. The number of hydrogen-bond donors (Lipinski definition) is 2. The van der Waals surface area contributed by atoms with Crippen LogP contribution in [0, 0.1) is 5.82 Å². The molecule has 0 fully saturated rings. The van der Waals surface area contributed by atoms with E-state index in [-0.39, 0.29) is 5.82 Å². The van der Waals surface area contributed by atoms with Crippen LogP contribution in [-0.4, -0.2) is 12.5 Å². The zero-order valence-electron chi connectivity index (χ0n) is 12.1. The molecule has 0 heterocycles. The van der Waals surface area contributed by atoms with Crippen LogP contribution in [-0.2, 0) is 6.54 Å². The van der Waals surface area contributed by atoms with Crippen molar-refractivity contribution in [3.63, 3.8) is 0 Å². The van der Waals surface area contributed by atoms with Crippen molar-refractivity contribution in [2.75, 3.05) is 6.54 Å². The topological polar surface area (TPSA) is 59.6 Å². The fraction of sp³-hybridized carbons (Fsp3) is 0.118. The molecule has 0 aliphatic carbocycles. The number of rotatable bonds is 6. The fourth-order valence-corrected chi connectivity index (χ4v) is 1.71. The quantitative estimate of drug-likeness (QED) is 0.489. The molecule has 0 radical (unpaired) electrons. The van der Waals surface area contributed by atoms with Gasteiger partial charge in [-0.05, 0) is 42.0 Å². The van der Waals surface area contributed by atoms with Gasteiger partial charge in [0.2, 0.25) is 0 Å². The molecular formula is C17H18FN3O. The van der Waals surface area contributed by atoms with E-state index in [4.69, 9.17) is 10.5 Å². The largest absolute Gasteiger partial charge is 0.457 e. The number of ether oxygens (including phenoxy) is 1. The molecule has 0 saturated heterocycles. The average molecular weight is 299 g/mol. The van der Waals surface area contributed by atoms with Gasteiger partial charge in [0.15, 0.2) is 5.96 Å². The van der Waals surface area contributed by atoms with Gasteiger partial charge in [0.1, 0.15) is 17.3 Å². The van der Waals surface area contributed by atoms with Crippen molar-refractivity contribution in [3.05, 3.63) is 72.6 Å². The Hall–Kier alpha value is -2.82. The van der Waals surface area contributed by atoms with Crippen LogP contribution in [0.4, 0.5) is 4.39 Å². The van der Waals surface area contributed by atoms with Gasteiger partial charge in [0.25, 0.3) is 0 Å². The van der Waals surface area contributed by atoms with Crippen molar-refractivity contribution < 1.29 is 9.13 Å². The Balaban J connectivity index is 1.92. The van der Waals surface area contributed by atoms with E-state index in [0.717, 1.165) is 5.56 Å². The molecule has 2 aromatic rings. The number of nitrogens with one attached hydrogen (secondary N) is 1. The highest BCUT2D eigenvalue weighted by atomic mass is 19.1. The lowest BCUT2D eigenvalue weighted by atomic mass is 10.2. The second kappa shape index (κ2) is 7.83. The van der Waals surface area contributed by atoms with Crippen molar-refractivity contribution in [1.29, 1.82) is 0 Å². The maximum Gasteiger partial charge on any atom is 0.189 e. The molecule has 22 heavy (non-hydrogen) atoms. The molecule has 3 N–H and O–H groups in total. The molecule has 2 aromatic carbocycles. The van der Waals surface area contributed by atoms with Crippen LogP contribution in [0.2, 0.25) is 0 Å². The van der Waals surface area contributed by atoms with Gasteiger partial charge in [-0.1, -0.05) is 18.2 Å². The van der Waals surface area contributed by atoms with Crippen molar-refractivity contribution in [2.45, 2.75) is 6.54 Å². The molecule has 0 bridgehead atoms. The number of guanidine groups is 1. The van der Waals surface area contributed by atoms with Gasteiger partial charge in [0.05, 0.1) is 6.54 Å². The molecule has 4 nitrogen and oxygen atoms in total. The minimum Gasteiger partial charge on any atom is -0.457 e. The van der Waals surface area contributed by atoms with Gasteiger partial charge < -0.3 is 15.8 Å². The maximum atomic E-state index is 12.8. The summed E-state index contributed by atoms with van der Waals surface area (Å²) in [7, 11) is 0. The monoisotopic (exact) mass is 299 g/mol. The smallest absolute Gasteiger partial charge is 0.189 e. The molecule has 0 aliphatic heterocycles. The van der Waals surface area contributed by atoms with E-state index in [2.05, 4.69) is 16.9 Å². The Labute approximate surface area is 129 Å². The third-order valence-corrected chi connectivity index (χ3v) is 2.83. The number of hydrogen-bond acceptors (Lipinski definition) is 2. The molecule has 0 aliphatic rings. The van der Waals surface area contributed by atoms with Gasteiger partial charge in [0, 0.05) is 6.54 Å². The van der Waals surface area contributed by atoms with Gasteiger partial charge in [-0.2, -0.15) is 0 Å². The van der Waals surface area contributed by atoms with Crippen molar-refractivity contribution >= 4 is 5.96 Å². The normalized spacial score (nSPS) is 11.0. The number of aliphatic imine (C=N–C) groups is 1. The Bertz CT molecular complexity index is 636. The number of nitrogens with two attached hydrogens (primary N) is 1. The van der Waals surface area contributed by atoms with Crippen LogP contribution >= 0.6 is 0 Å². The van der Waals surface area contributed by atoms with E-state index in [1.807, 2.05) is 24.3 Å². The molecule has 0 spiro atoms. The summed E-state index contributed by atoms with van der Waals surface area (Å²) in [5, 5.41) is 2.91. The third-order valence-electron chi connectivity index (χ3n) is 2.83. The second-order valence-electron chi connectivity index (χ2n) is 4.57. The summed E-state index contributed by atoms with van der Waals surface area (Å²) in [6, 6.07) is 13.4. The molecule has 114 valence electrons. The standard InChI is InChI=1S/C17H18FN3O/c1-2-11-20-17(19)21-12-13-3-7-15(8-4-13)22-16-9-5-14(18)6-10-16/h2-10H,1,11-12H2,(H3,19,20,21). The van der Waals surface area contributed by atoms with Crippen LogP contribution in [0.1, 0.15) is 5.56 Å². The zero-order chi connectivity index (χ0) is 15.8. The lowest BCUT2D eigenvalue weighted by Gasteiger charge is -2.06. The van der Waals surface area contributed by atoms with E-state index in [1.165, 1.54) is 12.1 Å². The summed E-state index contributed by atoms with van der Waals surface area (Å²) in [4.78, 5) is 4.21. The van der Waals surface area contributed by atoms with Crippen LogP contribution in [0.5, 0.6) is 11.5 Å². The summed E-state index contributed by atoms with van der Waals surface area (Å²) in [5.41, 5.74) is 6.70. The Kier molecular flexibility index (Phi) is 5.54. The molecule has 0 atom stereocenters. The first-order chi connectivity index (χ1) is 10.7. The van der Waals surface area contributed by atoms with Gasteiger partial charge in [-0.15, -0.1) is 6.58 Å². The lowest BCUT2D eigenvalue weighted by Crippen LogP contribution is -2.31. The Morgan fingerprint density at radius 3 is 2.32 bits per heavy atom. The summed E-state index contributed by atoms with van der Waals surface area (Å²) in [5.74, 6) is 1.36. The Morgan fingerprint density at radius 1 is 1.14 bits per heavy atom. The third kappa shape index (κ3) is 4.94. The molecule has 0 unspecified atom stereocenters. The van der Waals surface area contributed by atoms with Crippen molar-refractivity contribution in [3.8, 4) is 11.5 Å². The van der Waals surface area contributed by atoms with Crippen LogP contribution in [0.3, 0.4) is 0 Å². The predicted molar refractivity (Wildman–Crippen MR) is 86.4 cm³/mol. The number of nitrogens with zero attached hydrogens (tertiary/aromatic N) is 1. The lowest BCUT2D eigenvalue weighted by molar-refractivity contribution is 0.480. The first-order valence-electron chi connectivity index (χ1n) is 6.84. The summed E-state index contributed by atoms with van der Waals surface area (Å²) in [6.07, 6.45) is 1.71. The van der Waals surface area contributed by atoms with Gasteiger partial charge in [-0.25, -0.2) is 9.38 Å². The number of benzene rings is 2. The minimum absolute atomic E-state index is 0.289. The highest BCUT2D eigenvalue weighted by Gasteiger charge is 1.99. The van der Waals surface area contributed by atoms with E-state index in [0.29, 0.717) is 30.5 Å². The summed E-state index contributed by atoms with van der Waals surface area (Å²) >= 11 is 0. The summed E-state index contributed by atoms with van der Waals surface area (Å²) in [6.45, 7) is 4.65. The number of halogens is 1. The van der Waals surface area contributed by atoms with Crippen molar-refractivity contribution in [2.24, 2.45) is 10.7 Å². The molecule has 2 rings (SSSR count). The molecule has 0 saturated carbocycles. The Morgan fingerprint density at radius 2 is 1.73 bits per heavy atom. The molecule has 5 heteroatoms. The molecule has 0 amide bonds. The van der Waals surface area contributed by atoms with E-state index in [9.17, 15) is 4.39 Å². The van der Waals surface area contributed by atoms with E-state index in [1.54, 1.807) is 18.2 Å². The first kappa shape index (κ1) is 15.6. The highest BCUT2D eigenvalue weighted by molar-refractivity contribution is 5.77. The van der Waals surface area contributed by atoms with Gasteiger partial charge >= 0.3 is 0 Å². The van der Waals surface area contributed by atoms with Crippen LogP contribution < -0.4 is 15.8 Å². The van der Waals surface area contributed by atoms with E-state index < -0.39 is 0 Å². The van der Waals surface area contributed by atoms with E-state index >= 15 is 0 Å². The SMILES string of the molecule is C=CCNC(N)=NCc1ccc(Oc2ccc(F)cc2)cc1. The van der Waals surface area contributed by atoms with Crippen LogP contribution in [0.15, 0.2) is 66.2 Å². The molecular weight excluding hydrogens is 281 g/mol. The second-order valence-corrected chi connectivity index (χ2v) is 4.57. The summed E-state index contributed by atoms with van der Waals surface area (Å²) < 4.78 is 18.4. The average Bonchev–Trinajstić information content (AvgIpc) is 2.54. The maximum absolute atomic E-state index is 12.8. The van der Waals surface area contributed by atoms with Crippen molar-refractivity contribution in [1.82, 2.24) is 5.32 Å².